The van der Waals surface area contributed by atoms with Crippen LogP contribution >= 0.6 is 23.4 Å². The number of hydrogen-bond acceptors (Lipinski definition) is 2. The van der Waals surface area contributed by atoms with Crippen molar-refractivity contribution < 1.29 is 0 Å². The van der Waals surface area contributed by atoms with Crippen molar-refractivity contribution in [2.24, 2.45) is 0 Å². The average molecular weight is 244 g/mol. The first-order valence-electron chi connectivity index (χ1n) is 5.25. The first kappa shape index (κ1) is 12.9. The van der Waals surface area contributed by atoms with E-state index in [-0.39, 0.29) is 0 Å². The van der Waals surface area contributed by atoms with E-state index in [9.17, 15) is 0 Å². The van der Waals surface area contributed by atoms with Crippen molar-refractivity contribution in [2.45, 2.75) is 19.4 Å². The highest BCUT2D eigenvalue weighted by molar-refractivity contribution is 7.98. The van der Waals surface area contributed by atoms with Gasteiger partial charge in [-0.25, -0.2) is 0 Å². The Morgan fingerprint density at radius 2 is 2.27 bits per heavy atom. The fourth-order valence-corrected chi connectivity index (χ4v) is 2.26. The van der Waals surface area contributed by atoms with Gasteiger partial charge in [-0.05, 0) is 42.7 Å². The van der Waals surface area contributed by atoms with Gasteiger partial charge in [-0.2, -0.15) is 11.8 Å². The topological polar surface area (TPSA) is 12.0 Å². The van der Waals surface area contributed by atoms with Crippen molar-refractivity contribution in [1.29, 1.82) is 0 Å². The zero-order valence-corrected chi connectivity index (χ0v) is 10.9. The van der Waals surface area contributed by atoms with E-state index in [1.807, 2.05) is 23.9 Å². The fourth-order valence-electron chi connectivity index (χ4n) is 1.59. The zero-order valence-electron chi connectivity index (χ0n) is 9.29. The van der Waals surface area contributed by atoms with Crippen molar-refractivity contribution >= 4 is 23.4 Å². The van der Waals surface area contributed by atoms with Gasteiger partial charge in [0.1, 0.15) is 0 Å². The molecule has 1 aromatic carbocycles. The Bertz CT molecular complexity index is 291. The van der Waals surface area contributed by atoms with Crippen LogP contribution in [0.2, 0.25) is 5.02 Å². The normalized spacial score (nSPS) is 12.7. The second kappa shape index (κ2) is 7.15. The largest absolute Gasteiger partial charge is 0.310 e. The van der Waals surface area contributed by atoms with Crippen LogP contribution in [-0.4, -0.2) is 18.6 Å². The smallest absolute Gasteiger partial charge is 0.0409 e. The minimum atomic E-state index is 0.432. The molecule has 0 aliphatic carbocycles. The molecule has 1 aromatic rings. The van der Waals surface area contributed by atoms with Crippen LogP contribution in [0.3, 0.4) is 0 Å². The molecule has 0 saturated carbocycles. The highest BCUT2D eigenvalue weighted by Crippen LogP contribution is 2.21. The number of thioether (sulfide) groups is 1. The average Bonchev–Trinajstić information content (AvgIpc) is 2.24. The van der Waals surface area contributed by atoms with E-state index >= 15 is 0 Å². The highest BCUT2D eigenvalue weighted by Gasteiger charge is 2.09. The molecule has 0 radical (unpaired) electrons. The lowest BCUT2D eigenvalue weighted by molar-refractivity contribution is 0.541. The van der Waals surface area contributed by atoms with Gasteiger partial charge in [-0.3, -0.25) is 0 Å². The van der Waals surface area contributed by atoms with Crippen molar-refractivity contribution in [3.63, 3.8) is 0 Å². The molecule has 0 spiro atoms. The van der Waals surface area contributed by atoms with Crippen molar-refractivity contribution in [2.75, 3.05) is 18.6 Å². The van der Waals surface area contributed by atoms with Crippen molar-refractivity contribution in [3.8, 4) is 0 Å². The van der Waals surface area contributed by atoms with Crippen LogP contribution in [-0.2, 0) is 0 Å². The van der Waals surface area contributed by atoms with Gasteiger partial charge in [-0.15, -0.1) is 0 Å². The Balaban J connectivity index is 2.69. The van der Waals surface area contributed by atoms with E-state index in [0.29, 0.717) is 6.04 Å². The summed E-state index contributed by atoms with van der Waals surface area (Å²) in [5.74, 6) is 1.17. The van der Waals surface area contributed by atoms with Crippen LogP contribution in [0.4, 0.5) is 0 Å². The van der Waals surface area contributed by atoms with Crippen LogP contribution in [0.1, 0.15) is 24.9 Å². The summed E-state index contributed by atoms with van der Waals surface area (Å²) in [6.07, 6.45) is 3.29. The molecule has 0 amide bonds. The molecule has 1 unspecified atom stereocenters. The van der Waals surface area contributed by atoms with Crippen LogP contribution in [0.5, 0.6) is 0 Å². The van der Waals surface area contributed by atoms with Gasteiger partial charge >= 0.3 is 0 Å². The van der Waals surface area contributed by atoms with Gasteiger partial charge in [0.05, 0.1) is 0 Å². The number of benzene rings is 1. The molecule has 0 aromatic heterocycles. The predicted molar refractivity (Wildman–Crippen MR) is 70.9 cm³/mol. The molecule has 1 atom stereocenters. The summed E-state index contributed by atoms with van der Waals surface area (Å²) in [6, 6.07) is 8.56. The van der Waals surface area contributed by atoms with E-state index in [1.165, 1.54) is 11.3 Å². The maximum Gasteiger partial charge on any atom is 0.0409 e. The first-order valence-corrected chi connectivity index (χ1v) is 7.03. The molecule has 84 valence electrons. The minimum Gasteiger partial charge on any atom is -0.310 e. The number of hydrogen-bond donors (Lipinski definition) is 1. The van der Waals surface area contributed by atoms with Gasteiger partial charge in [0, 0.05) is 11.1 Å². The summed E-state index contributed by atoms with van der Waals surface area (Å²) >= 11 is 7.87. The molecule has 1 N–H and O–H groups in total. The molecular weight excluding hydrogens is 226 g/mol. The number of nitrogens with one attached hydrogen (secondary N) is 1. The van der Waals surface area contributed by atoms with Crippen molar-refractivity contribution in [1.82, 2.24) is 5.32 Å². The molecule has 0 aliphatic rings. The molecule has 0 fully saturated rings. The quantitative estimate of drug-likeness (QED) is 0.817. The zero-order chi connectivity index (χ0) is 11.1. The third kappa shape index (κ3) is 4.45. The molecule has 0 heterocycles. The summed E-state index contributed by atoms with van der Waals surface area (Å²) in [7, 11) is 0. The van der Waals surface area contributed by atoms with Gasteiger partial charge in [-0.1, -0.05) is 30.7 Å². The third-order valence-corrected chi connectivity index (χ3v) is 3.19. The van der Waals surface area contributed by atoms with Gasteiger partial charge < -0.3 is 5.32 Å². The number of halogens is 1. The minimum absolute atomic E-state index is 0.432. The molecule has 0 aliphatic heterocycles. The fraction of sp³-hybridized carbons (Fsp3) is 0.500. The van der Waals surface area contributed by atoms with E-state index in [0.717, 1.165) is 18.0 Å². The maximum atomic E-state index is 5.99. The van der Waals surface area contributed by atoms with E-state index in [1.54, 1.807) is 0 Å². The van der Waals surface area contributed by atoms with Crippen LogP contribution < -0.4 is 5.32 Å². The molecule has 15 heavy (non-hydrogen) atoms. The first-order chi connectivity index (χ1) is 7.27. The Hall–Kier alpha value is -0.180. The highest BCUT2D eigenvalue weighted by atomic mass is 35.5. The molecule has 3 heteroatoms. The van der Waals surface area contributed by atoms with Gasteiger partial charge in [0.25, 0.3) is 0 Å². The molecule has 1 rings (SSSR count). The Kier molecular flexibility index (Phi) is 6.15. The lowest BCUT2D eigenvalue weighted by Gasteiger charge is -2.18. The SMILES string of the molecule is CCNC(CCSC)c1cccc(Cl)c1. The Labute approximate surface area is 102 Å². The molecule has 0 bridgehead atoms. The lowest BCUT2D eigenvalue weighted by atomic mass is 10.0. The van der Waals surface area contributed by atoms with Gasteiger partial charge in [0.15, 0.2) is 0 Å². The second-order valence-electron chi connectivity index (χ2n) is 3.45. The van der Waals surface area contributed by atoms with Crippen LogP contribution in [0.25, 0.3) is 0 Å². The Morgan fingerprint density at radius 3 is 2.87 bits per heavy atom. The molecule has 0 saturated heterocycles. The summed E-state index contributed by atoms with van der Waals surface area (Å²) < 4.78 is 0. The van der Waals surface area contributed by atoms with E-state index in [2.05, 4.69) is 30.6 Å². The Morgan fingerprint density at radius 1 is 1.47 bits per heavy atom. The predicted octanol–water partition coefficient (Wildman–Crippen LogP) is 3.74. The van der Waals surface area contributed by atoms with Crippen LogP contribution in [0.15, 0.2) is 24.3 Å². The molecule has 1 nitrogen and oxygen atoms in total. The van der Waals surface area contributed by atoms with Crippen molar-refractivity contribution in [3.05, 3.63) is 34.9 Å². The summed E-state index contributed by atoms with van der Waals surface area (Å²) in [5.41, 5.74) is 1.29. The van der Waals surface area contributed by atoms with E-state index < -0.39 is 0 Å². The summed E-state index contributed by atoms with van der Waals surface area (Å²) in [6.45, 7) is 3.13. The van der Waals surface area contributed by atoms with E-state index in [4.69, 9.17) is 11.6 Å². The third-order valence-electron chi connectivity index (χ3n) is 2.31. The maximum absolute atomic E-state index is 5.99. The summed E-state index contributed by atoms with van der Waals surface area (Å²) in [5, 5.41) is 4.31. The summed E-state index contributed by atoms with van der Waals surface area (Å²) in [4.78, 5) is 0. The monoisotopic (exact) mass is 243 g/mol. The van der Waals surface area contributed by atoms with Crippen LogP contribution in [0, 0.1) is 0 Å². The standard InChI is InChI=1S/C12H18ClNS/c1-3-14-12(7-8-15-2)10-5-4-6-11(13)9-10/h4-6,9,12,14H,3,7-8H2,1-2H3. The molecular formula is C12H18ClNS. The second-order valence-corrected chi connectivity index (χ2v) is 4.87. The number of rotatable bonds is 6. The van der Waals surface area contributed by atoms with Gasteiger partial charge in [0.2, 0.25) is 0 Å². The lowest BCUT2D eigenvalue weighted by Crippen LogP contribution is -2.21.